The molecule has 0 radical (unpaired) electrons. The van der Waals surface area contributed by atoms with E-state index in [2.05, 4.69) is 33.5 Å². The van der Waals surface area contributed by atoms with Crippen molar-refractivity contribution < 1.29 is 4.42 Å². The van der Waals surface area contributed by atoms with E-state index in [9.17, 15) is 0 Å². The Morgan fingerprint density at radius 2 is 2.10 bits per heavy atom. The Hall–Kier alpha value is -2.33. The average Bonchev–Trinajstić information content (AvgIpc) is 3.15. The number of furan rings is 1. The van der Waals surface area contributed by atoms with Gasteiger partial charge in [-0.2, -0.15) is 0 Å². The molecule has 1 aliphatic heterocycles. The van der Waals surface area contributed by atoms with Crippen LogP contribution in [-0.2, 0) is 6.42 Å². The number of aryl methyl sites for hydroxylation is 1. The molecule has 3 heterocycles. The van der Waals surface area contributed by atoms with E-state index in [0.29, 0.717) is 0 Å². The lowest BCUT2D eigenvalue weighted by atomic mass is 9.93. The molecule has 0 saturated carbocycles. The number of hydrogen-bond donors (Lipinski definition) is 2. The van der Waals surface area contributed by atoms with Crippen LogP contribution in [0.15, 0.2) is 47.1 Å². The number of aromatic nitrogens is 2. The number of rotatable bonds is 2. The van der Waals surface area contributed by atoms with Crippen LogP contribution in [0.5, 0.6) is 0 Å². The van der Waals surface area contributed by atoms with Crippen LogP contribution in [-0.4, -0.2) is 16.5 Å². The maximum Gasteiger partial charge on any atom is 0.134 e. The summed E-state index contributed by atoms with van der Waals surface area (Å²) in [5, 5.41) is 3.57. The van der Waals surface area contributed by atoms with Crippen molar-refractivity contribution in [2.45, 2.75) is 19.4 Å². The molecule has 0 saturated heterocycles. The van der Waals surface area contributed by atoms with Gasteiger partial charge in [0.15, 0.2) is 0 Å². The van der Waals surface area contributed by atoms with Gasteiger partial charge in [-0.15, -0.1) is 0 Å². The molecule has 106 valence electrons. The standard InChI is InChI=1S/C17H17N3O/c1-11-6-7-15(21-11)12-4-2-3-5-13(12)16-17-14(8-9-18-16)19-10-20-17/h2-7,10,16,18H,8-9H2,1H3,(H,19,20)/t16-/m0/s1. The van der Waals surface area contributed by atoms with Crippen LogP contribution in [0, 0.1) is 6.92 Å². The Kier molecular flexibility index (Phi) is 2.89. The quantitative estimate of drug-likeness (QED) is 0.757. The van der Waals surface area contributed by atoms with E-state index in [1.165, 1.54) is 11.3 Å². The van der Waals surface area contributed by atoms with E-state index in [4.69, 9.17) is 4.42 Å². The molecule has 1 aliphatic rings. The second-order valence-electron chi connectivity index (χ2n) is 5.40. The first-order valence-corrected chi connectivity index (χ1v) is 7.24. The number of imidazole rings is 1. The largest absolute Gasteiger partial charge is 0.461 e. The summed E-state index contributed by atoms with van der Waals surface area (Å²) in [6.07, 6.45) is 2.78. The molecule has 0 amide bonds. The highest BCUT2D eigenvalue weighted by atomic mass is 16.3. The molecule has 0 unspecified atom stereocenters. The Labute approximate surface area is 123 Å². The first kappa shape index (κ1) is 12.4. The normalized spacial score (nSPS) is 17.7. The lowest BCUT2D eigenvalue weighted by Gasteiger charge is -2.25. The van der Waals surface area contributed by atoms with Gasteiger partial charge >= 0.3 is 0 Å². The van der Waals surface area contributed by atoms with Crippen LogP contribution in [0.1, 0.15) is 28.8 Å². The molecule has 0 aliphatic carbocycles. The van der Waals surface area contributed by atoms with Gasteiger partial charge < -0.3 is 14.7 Å². The first-order valence-electron chi connectivity index (χ1n) is 7.24. The lowest BCUT2D eigenvalue weighted by molar-refractivity contribution is 0.537. The molecule has 2 N–H and O–H groups in total. The summed E-state index contributed by atoms with van der Waals surface area (Å²) in [5.74, 6) is 1.84. The van der Waals surface area contributed by atoms with Crippen molar-refractivity contribution in [2.75, 3.05) is 6.54 Å². The molecule has 0 spiro atoms. The number of benzene rings is 1. The minimum absolute atomic E-state index is 0.113. The summed E-state index contributed by atoms with van der Waals surface area (Å²) >= 11 is 0. The van der Waals surface area contributed by atoms with E-state index in [0.717, 1.165) is 35.7 Å². The molecule has 2 aromatic heterocycles. The zero-order chi connectivity index (χ0) is 14.2. The maximum atomic E-state index is 5.81. The maximum absolute atomic E-state index is 5.81. The van der Waals surface area contributed by atoms with Gasteiger partial charge in [0.05, 0.1) is 18.1 Å². The van der Waals surface area contributed by atoms with Gasteiger partial charge in [-0.05, 0) is 24.6 Å². The zero-order valence-electron chi connectivity index (χ0n) is 11.9. The van der Waals surface area contributed by atoms with Crippen molar-refractivity contribution in [2.24, 2.45) is 0 Å². The monoisotopic (exact) mass is 279 g/mol. The lowest BCUT2D eigenvalue weighted by Crippen LogP contribution is -2.31. The van der Waals surface area contributed by atoms with Crippen molar-refractivity contribution in [3.63, 3.8) is 0 Å². The second-order valence-corrected chi connectivity index (χ2v) is 5.40. The molecule has 3 aromatic rings. The van der Waals surface area contributed by atoms with Crippen molar-refractivity contribution in [1.82, 2.24) is 15.3 Å². The summed E-state index contributed by atoms with van der Waals surface area (Å²) in [6.45, 7) is 2.92. The Morgan fingerprint density at radius 3 is 2.95 bits per heavy atom. The third kappa shape index (κ3) is 2.08. The van der Waals surface area contributed by atoms with E-state index in [-0.39, 0.29) is 6.04 Å². The van der Waals surface area contributed by atoms with Crippen molar-refractivity contribution in [1.29, 1.82) is 0 Å². The third-order valence-corrected chi connectivity index (χ3v) is 4.03. The summed E-state index contributed by atoms with van der Waals surface area (Å²) in [5.41, 5.74) is 4.65. The van der Waals surface area contributed by atoms with E-state index < -0.39 is 0 Å². The SMILES string of the molecule is Cc1ccc(-c2ccccc2[C@@H]2NCCc3[nH]cnc32)o1. The average molecular weight is 279 g/mol. The van der Waals surface area contributed by atoms with Crippen molar-refractivity contribution >= 4 is 0 Å². The molecule has 4 heteroatoms. The van der Waals surface area contributed by atoms with Gasteiger partial charge in [0.2, 0.25) is 0 Å². The number of fused-ring (bicyclic) bond motifs is 1. The van der Waals surface area contributed by atoms with Gasteiger partial charge in [-0.25, -0.2) is 4.98 Å². The topological polar surface area (TPSA) is 53.9 Å². The van der Waals surface area contributed by atoms with Gasteiger partial charge in [-0.1, -0.05) is 24.3 Å². The van der Waals surface area contributed by atoms with E-state index in [1.54, 1.807) is 6.33 Å². The third-order valence-electron chi connectivity index (χ3n) is 4.03. The fourth-order valence-electron chi connectivity index (χ4n) is 3.03. The minimum Gasteiger partial charge on any atom is -0.461 e. The summed E-state index contributed by atoms with van der Waals surface area (Å²) < 4.78 is 5.81. The van der Waals surface area contributed by atoms with E-state index in [1.807, 2.05) is 25.1 Å². The van der Waals surface area contributed by atoms with Gasteiger partial charge in [0.1, 0.15) is 11.5 Å². The van der Waals surface area contributed by atoms with Gasteiger partial charge in [0, 0.05) is 24.2 Å². The summed E-state index contributed by atoms with van der Waals surface area (Å²) in [4.78, 5) is 7.75. The number of H-pyrrole nitrogens is 1. The number of aromatic amines is 1. The highest BCUT2D eigenvalue weighted by molar-refractivity contribution is 5.64. The highest BCUT2D eigenvalue weighted by Gasteiger charge is 2.26. The molecule has 4 nitrogen and oxygen atoms in total. The molecule has 0 fully saturated rings. The van der Waals surface area contributed by atoms with Gasteiger partial charge in [0.25, 0.3) is 0 Å². The van der Waals surface area contributed by atoms with Crippen LogP contribution in [0.25, 0.3) is 11.3 Å². The Balaban J connectivity index is 1.84. The molecule has 21 heavy (non-hydrogen) atoms. The first-order chi connectivity index (χ1) is 10.3. The molecular formula is C17H17N3O. The fourth-order valence-corrected chi connectivity index (χ4v) is 3.03. The predicted octanol–water partition coefficient (Wildman–Crippen LogP) is 3.21. The zero-order valence-corrected chi connectivity index (χ0v) is 11.9. The predicted molar refractivity (Wildman–Crippen MR) is 81.0 cm³/mol. The van der Waals surface area contributed by atoms with Crippen LogP contribution in [0.2, 0.25) is 0 Å². The molecule has 1 aromatic carbocycles. The number of hydrogen-bond acceptors (Lipinski definition) is 3. The number of nitrogens with zero attached hydrogens (tertiary/aromatic N) is 1. The Bertz CT molecular complexity index is 772. The van der Waals surface area contributed by atoms with Crippen molar-refractivity contribution in [3.8, 4) is 11.3 Å². The molecule has 1 atom stereocenters. The minimum atomic E-state index is 0.113. The summed E-state index contributed by atoms with van der Waals surface area (Å²) in [6, 6.07) is 12.5. The second kappa shape index (κ2) is 4.90. The molecule has 4 rings (SSSR count). The van der Waals surface area contributed by atoms with Crippen LogP contribution in [0.3, 0.4) is 0 Å². The van der Waals surface area contributed by atoms with E-state index >= 15 is 0 Å². The number of nitrogens with one attached hydrogen (secondary N) is 2. The van der Waals surface area contributed by atoms with Crippen molar-refractivity contribution in [3.05, 3.63) is 65.4 Å². The van der Waals surface area contributed by atoms with Crippen LogP contribution >= 0.6 is 0 Å². The fraction of sp³-hybridized carbons (Fsp3) is 0.235. The Morgan fingerprint density at radius 1 is 1.19 bits per heavy atom. The highest BCUT2D eigenvalue weighted by Crippen LogP contribution is 2.34. The van der Waals surface area contributed by atoms with Gasteiger partial charge in [-0.3, -0.25) is 0 Å². The summed E-state index contributed by atoms with van der Waals surface area (Å²) in [7, 11) is 0. The smallest absolute Gasteiger partial charge is 0.134 e. The van der Waals surface area contributed by atoms with Crippen LogP contribution in [0.4, 0.5) is 0 Å². The van der Waals surface area contributed by atoms with Crippen LogP contribution < -0.4 is 5.32 Å². The molecular weight excluding hydrogens is 262 g/mol. The molecule has 0 bridgehead atoms.